The molecule has 0 radical (unpaired) electrons. The molecule has 1 aromatic carbocycles. The van der Waals surface area contributed by atoms with Crippen molar-refractivity contribution in [2.75, 3.05) is 0 Å². The summed E-state index contributed by atoms with van der Waals surface area (Å²) in [5.74, 6) is 0. The average Bonchev–Trinajstić information content (AvgIpc) is 2.32. The lowest BCUT2D eigenvalue weighted by Crippen LogP contribution is -2.23. The first-order valence-electron chi connectivity index (χ1n) is 6.89. The first-order valence-corrected chi connectivity index (χ1v) is 6.89. The van der Waals surface area contributed by atoms with Crippen LogP contribution in [0.2, 0.25) is 0 Å². The van der Waals surface area contributed by atoms with E-state index in [0.717, 1.165) is 7.28 Å². The highest BCUT2D eigenvalue weighted by Crippen LogP contribution is 2.11. The highest BCUT2D eigenvalue weighted by atomic mass is 14.0. The van der Waals surface area contributed by atoms with Crippen LogP contribution in [0.15, 0.2) is 47.5 Å². The summed E-state index contributed by atoms with van der Waals surface area (Å²) in [7, 11) is 1.03. The molecule has 0 unspecified atom stereocenters. The Kier molecular flexibility index (Phi) is 5.41. The van der Waals surface area contributed by atoms with E-state index in [0.29, 0.717) is 0 Å². The van der Waals surface area contributed by atoms with Gasteiger partial charge in [-0.1, -0.05) is 76.6 Å². The van der Waals surface area contributed by atoms with Crippen LogP contribution in [0.5, 0.6) is 0 Å². The van der Waals surface area contributed by atoms with Gasteiger partial charge >= 0.3 is 0 Å². The molecule has 0 aliphatic rings. The second kappa shape index (κ2) is 6.61. The van der Waals surface area contributed by atoms with E-state index in [1.165, 1.54) is 38.8 Å². The van der Waals surface area contributed by atoms with Crippen LogP contribution in [-0.2, 0) is 0 Å². The van der Waals surface area contributed by atoms with E-state index in [1.54, 1.807) is 0 Å². The van der Waals surface area contributed by atoms with E-state index in [4.69, 9.17) is 0 Å². The van der Waals surface area contributed by atoms with Gasteiger partial charge in [0.25, 0.3) is 0 Å². The summed E-state index contributed by atoms with van der Waals surface area (Å²) in [4.78, 5) is 0. The van der Waals surface area contributed by atoms with Crippen LogP contribution in [0.4, 0.5) is 0 Å². The number of rotatable bonds is 4. The van der Waals surface area contributed by atoms with E-state index < -0.39 is 0 Å². The zero-order chi connectivity index (χ0) is 14.6. The van der Waals surface area contributed by atoms with Gasteiger partial charge < -0.3 is 0 Å². The molecule has 0 N–H and O–H groups in total. The second-order valence-electron chi connectivity index (χ2n) is 5.61. The molecule has 0 fully saturated rings. The van der Waals surface area contributed by atoms with Crippen molar-refractivity contribution in [3.8, 4) is 0 Å². The SMILES string of the molecule is C=C/C(C)=C\C(C)=C(/C)Bc1c(C)cc(C)cc1C. The van der Waals surface area contributed by atoms with Gasteiger partial charge in [0.1, 0.15) is 0 Å². The van der Waals surface area contributed by atoms with Crippen molar-refractivity contribution in [2.24, 2.45) is 0 Å². The van der Waals surface area contributed by atoms with Crippen molar-refractivity contribution in [3.05, 3.63) is 64.2 Å². The standard InChI is InChI=1S/C18H25B/c1-8-12(2)9-14(4)17(7)19-18-15(5)10-13(3)11-16(18)6/h8-11,19H,1H2,2-7H3/b12-9-,17-14+. The first kappa shape index (κ1) is 15.6. The van der Waals surface area contributed by atoms with E-state index >= 15 is 0 Å². The molecule has 19 heavy (non-hydrogen) atoms. The normalized spacial score (nSPS) is 13.1. The van der Waals surface area contributed by atoms with Crippen molar-refractivity contribution in [3.63, 3.8) is 0 Å². The fraction of sp³-hybridized carbons (Fsp3) is 0.333. The van der Waals surface area contributed by atoms with Crippen molar-refractivity contribution in [1.82, 2.24) is 0 Å². The molecule has 100 valence electrons. The first-order chi connectivity index (χ1) is 8.85. The third-order valence-electron chi connectivity index (χ3n) is 3.72. The highest BCUT2D eigenvalue weighted by Gasteiger charge is 2.07. The monoisotopic (exact) mass is 252 g/mol. The van der Waals surface area contributed by atoms with Gasteiger partial charge in [0.05, 0.1) is 0 Å². The maximum Gasteiger partial charge on any atom is 0.187 e. The zero-order valence-corrected chi connectivity index (χ0v) is 13.2. The Morgan fingerprint density at radius 3 is 2.05 bits per heavy atom. The van der Waals surface area contributed by atoms with Crippen molar-refractivity contribution < 1.29 is 0 Å². The van der Waals surface area contributed by atoms with Crippen molar-refractivity contribution in [1.29, 1.82) is 0 Å². The Balaban J connectivity index is 3.09. The molecule has 0 aliphatic carbocycles. The van der Waals surface area contributed by atoms with Crippen molar-refractivity contribution >= 4 is 12.7 Å². The van der Waals surface area contributed by atoms with Crippen LogP contribution in [0.1, 0.15) is 37.5 Å². The van der Waals surface area contributed by atoms with Crippen LogP contribution in [-0.4, -0.2) is 7.28 Å². The Labute approximate surface area is 119 Å². The molecular weight excluding hydrogens is 227 g/mol. The van der Waals surface area contributed by atoms with Crippen molar-refractivity contribution in [2.45, 2.75) is 41.5 Å². The fourth-order valence-corrected chi connectivity index (χ4v) is 2.42. The highest BCUT2D eigenvalue weighted by molar-refractivity contribution is 6.62. The molecule has 0 heterocycles. The Bertz CT molecular complexity index is 522. The number of benzene rings is 1. The van der Waals surface area contributed by atoms with Crippen LogP contribution >= 0.6 is 0 Å². The Morgan fingerprint density at radius 1 is 1.05 bits per heavy atom. The van der Waals surface area contributed by atoms with E-state index in [1.807, 2.05) is 6.08 Å². The van der Waals surface area contributed by atoms with E-state index in [9.17, 15) is 0 Å². The van der Waals surface area contributed by atoms with Crippen LogP contribution < -0.4 is 5.46 Å². The lowest BCUT2D eigenvalue weighted by molar-refractivity contribution is 1.35. The van der Waals surface area contributed by atoms with Gasteiger partial charge in [0.15, 0.2) is 7.28 Å². The quantitative estimate of drug-likeness (QED) is 0.559. The minimum absolute atomic E-state index is 1.03. The maximum atomic E-state index is 3.80. The Morgan fingerprint density at radius 2 is 1.58 bits per heavy atom. The molecule has 0 aromatic heterocycles. The number of allylic oxidation sites excluding steroid dienone is 5. The molecule has 0 aliphatic heterocycles. The fourth-order valence-electron chi connectivity index (χ4n) is 2.42. The zero-order valence-electron chi connectivity index (χ0n) is 13.2. The minimum Gasteiger partial charge on any atom is -0.0997 e. The number of hydrogen-bond acceptors (Lipinski definition) is 0. The summed E-state index contributed by atoms with van der Waals surface area (Å²) in [5.41, 5.74) is 9.59. The van der Waals surface area contributed by atoms with Gasteiger partial charge in [-0.15, -0.1) is 0 Å². The molecule has 0 saturated carbocycles. The van der Waals surface area contributed by atoms with Gasteiger partial charge in [-0.3, -0.25) is 0 Å². The second-order valence-corrected chi connectivity index (χ2v) is 5.61. The van der Waals surface area contributed by atoms with E-state index in [-0.39, 0.29) is 0 Å². The minimum atomic E-state index is 1.03. The molecule has 0 amide bonds. The van der Waals surface area contributed by atoms with E-state index in [2.05, 4.69) is 66.3 Å². The molecule has 0 saturated heterocycles. The number of hydrogen-bond donors (Lipinski definition) is 0. The topological polar surface area (TPSA) is 0 Å². The average molecular weight is 252 g/mol. The molecular formula is C18H25B. The molecule has 0 atom stereocenters. The van der Waals surface area contributed by atoms with Crippen LogP contribution in [0.3, 0.4) is 0 Å². The summed E-state index contributed by atoms with van der Waals surface area (Å²) >= 11 is 0. The molecule has 1 aromatic rings. The largest absolute Gasteiger partial charge is 0.187 e. The third-order valence-corrected chi connectivity index (χ3v) is 3.72. The summed E-state index contributed by atoms with van der Waals surface area (Å²) in [5, 5.41) is 0. The summed E-state index contributed by atoms with van der Waals surface area (Å²) in [6.45, 7) is 16.9. The summed E-state index contributed by atoms with van der Waals surface area (Å²) in [6.07, 6.45) is 4.11. The molecule has 1 rings (SSSR count). The molecule has 0 bridgehead atoms. The molecule has 1 heteroatoms. The van der Waals surface area contributed by atoms with Crippen LogP contribution in [0.25, 0.3) is 0 Å². The van der Waals surface area contributed by atoms with Gasteiger partial charge in [0, 0.05) is 0 Å². The van der Waals surface area contributed by atoms with Gasteiger partial charge in [0.2, 0.25) is 0 Å². The predicted octanol–water partition coefficient (Wildman–Crippen LogP) is 4.10. The summed E-state index contributed by atoms with van der Waals surface area (Å²) in [6, 6.07) is 4.55. The lowest BCUT2D eigenvalue weighted by Gasteiger charge is -2.12. The predicted molar refractivity (Wildman–Crippen MR) is 89.8 cm³/mol. The number of aryl methyl sites for hydroxylation is 3. The third kappa shape index (κ3) is 4.27. The lowest BCUT2D eigenvalue weighted by atomic mass is 9.59. The Hall–Kier alpha value is -1.50. The molecule has 0 nitrogen and oxygen atoms in total. The smallest absolute Gasteiger partial charge is 0.0997 e. The van der Waals surface area contributed by atoms with Gasteiger partial charge in [-0.05, 0) is 34.6 Å². The van der Waals surface area contributed by atoms with Crippen LogP contribution in [0, 0.1) is 20.8 Å². The summed E-state index contributed by atoms with van der Waals surface area (Å²) < 4.78 is 0. The van der Waals surface area contributed by atoms with Gasteiger partial charge in [-0.2, -0.15) is 0 Å². The maximum absolute atomic E-state index is 3.80. The van der Waals surface area contributed by atoms with Gasteiger partial charge in [-0.25, -0.2) is 0 Å². The molecule has 0 spiro atoms.